The van der Waals surface area contributed by atoms with E-state index in [1.165, 1.54) is 81.8 Å². The number of nitrogens with one attached hydrogen (secondary N) is 2. The first-order valence-electron chi connectivity index (χ1n) is 12.4. The summed E-state index contributed by atoms with van der Waals surface area (Å²) in [5, 5.41) is 8.75. The Balaban J connectivity index is 0.00000172. The Morgan fingerprint density at radius 3 is 2.03 bits per heavy atom. The number of methoxy groups -OCH3 is 1. The van der Waals surface area contributed by atoms with Gasteiger partial charge < -0.3 is 25.1 Å². The molecule has 6 nitrogen and oxygen atoms in total. The number of thioether (sulfide) groups is 1. The highest BCUT2D eigenvalue weighted by Gasteiger charge is 2.30. The summed E-state index contributed by atoms with van der Waals surface area (Å²) in [6, 6.07) is 1.22. The first kappa shape index (κ1) is 29.3. The zero-order valence-corrected chi connectivity index (χ0v) is 22.0. The molecule has 0 saturated heterocycles. The van der Waals surface area contributed by atoms with Crippen LogP contribution in [-0.4, -0.2) is 49.9 Å². The van der Waals surface area contributed by atoms with Gasteiger partial charge in [-0.2, -0.15) is 0 Å². The largest absolute Gasteiger partial charge is 0.388 e. The lowest BCUT2D eigenvalue weighted by molar-refractivity contribution is -0.119. The van der Waals surface area contributed by atoms with E-state index in [0.29, 0.717) is 23.9 Å². The molecular formula is C26H45N3O3S. The van der Waals surface area contributed by atoms with Crippen molar-refractivity contribution in [1.82, 2.24) is 15.5 Å². The molecule has 33 heavy (non-hydrogen) atoms. The second-order valence-electron chi connectivity index (χ2n) is 8.74. The molecule has 2 aliphatic rings. The standard InChI is InChI=1S/C24H39N3O2S.C2H6O/c1-4-11-23(26-20(3)30-18-19(2)24(29)25-16-17-28)27(21-12-7-5-8-13-21)22-14-9-6-10-15-22;1-3-2/h11,17-18,21-22,26H,3-10,12-16H2,1-2H3,(H,25,29);1-2H3/b19-18+,23-11-;. The van der Waals surface area contributed by atoms with Gasteiger partial charge in [-0.05, 0) is 50.5 Å². The molecule has 2 aliphatic carbocycles. The second kappa shape index (κ2) is 17.7. The molecule has 0 radical (unpaired) electrons. The third kappa shape index (κ3) is 11.3. The van der Waals surface area contributed by atoms with Crippen molar-refractivity contribution in [3.63, 3.8) is 0 Å². The van der Waals surface area contributed by atoms with Crippen LogP contribution in [0.4, 0.5) is 0 Å². The van der Waals surface area contributed by atoms with Crippen molar-refractivity contribution in [2.45, 2.75) is 96.6 Å². The lowest BCUT2D eigenvalue weighted by Crippen LogP contribution is -2.47. The molecule has 2 fully saturated rings. The van der Waals surface area contributed by atoms with E-state index in [9.17, 15) is 9.59 Å². The van der Waals surface area contributed by atoms with Gasteiger partial charge in [0.1, 0.15) is 12.1 Å². The highest BCUT2D eigenvalue weighted by atomic mass is 32.2. The zero-order chi connectivity index (χ0) is 24.5. The summed E-state index contributed by atoms with van der Waals surface area (Å²) in [6.07, 6.45) is 17.0. The number of hydrogen-bond donors (Lipinski definition) is 2. The van der Waals surface area contributed by atoms with Gasteiger partial charge in [0, 0.05) is 31.9 Å². The number of carbonyl (C=O) groups excluding carboxylic acids is 2. The van der Waals surface area contributed by atoms with E-state index < -0.39 is 0 Å². The Kier molecular flexibility index (Phi) is 15.7. The van der Waals surface area contributed by atoms with E-state index in [1.54, 1.807) is 26.6 Å². The van der Waals surface area contributed by atoms with Gasteiger partial charge in [-0.25, -0.2) is 0 Å². The van der Waals surface area contributed by atoms with Crippen LogP contribution in [0.1, 0.15) is 84.5 Å². The van der Waals surface area contributed by atoms with Gasteiger partial charge in [0.25, 0.3) is 0 Å². The van der Waals surface area contributed by atoms with Crippen LogP contribution in [-0.2, 0) is 14.3 Å². The van der Waals surface area contributed by atoms with Crippen LogP contribution >= 0.6 is 11.8 Å². The predicted molar refractivity (Wildman–Crippen MR) is 140 cm³/mol. The van der Waals surface area contributed by atoms with Gasteiger partial charge in [-0.15, -0.1) is 0 Å². The van der Waals surface area contributed by atoms with Crippen molar-refractivity contribution in [2.75, 3.05) is 20.8 Å². The molecule has 0 heterocycles. The summed E-state index contributed by atoms with van der Waals surface area (Å²) < 4.78 is 4.25. The van der Waals surface area contributed by atoms with Crippen LogP contribution < -0.4 is 10.6 Å². The normalized spacial score (nSPS) is 18.1. The zero-order valence-electron chi connectivity index (χ0n) is 21.2. The van der Waals surface area contributed by atoms with Crippen molar-refractivity contribution in [3.8, 4) is 0 Å². The molecular weight excluding hydrogens is 434 g/mol. The van der Waals surface area contributed by atoms with Crippen molar-refractivity contribution >= 4 is 24.0 Å². The minimum Gasteiger partial charge on any atom is -0.388 e. The highest BCUT2D eigenvalue weighted by Crippen LogP contribution is 2.33. The summed E-state index contributed by atoms with van der Waals surface area (Å²) >= 11 is 1.43. The second-order valence-corrected chi connectivity index (χ2v) is 9.70. The molecule has 2 N–H and O–H groups in total. The Morgan fingerprint density at radius 1 is 1.06 bits per heavy atom. The number of aldehydes is 1. The number of amides is 1. The summed E-state index contributed by atoms with van der Waals surface area (Å²) in [5.41, 5.74) is 0.572. The van der Waals surface area contributed by atoms with E-state index >= 15 is 0 Å². The van der Waals surface area contributed by atoms with Crippen LogP contribution in [0, 0.1) is 0 Å². The number of hydrogen-bond acceptors (Lipinski definition) is 6. The predicted octanol–water partition coefficient (Wildman–Crippen LogP) is 5.48. The molecule has 1 amide bonds. The van der Waals surface area contributed by atoms with Gasteiger partial charge in [0.15, 0.2) is 0 Å². The Labute approximate surface area is 205 Å². The molecule has 0 spiro atoms. The van der Waals surface area contributed by atoms with Crippen LogP contribution in [0.5, 0.6) is 0 Å². The SMILES string of the molecule is C=C(N/C(=C/CC)N(C1CCCCC1)C1CCCCC1)S/C=C(\C)C(=O)NCC=O.COC. The third-order valence-electron chi connectivity index (χ3n) is 5.96. The van der Waals surface area contributed by atoms with Crippen molar-refractivity contribution in [3.05, 3.63) is 34.5 Å². The lowest BCUT2D eigenvalue weighted by atomic mass is 9.88. The summed E-state index contributed by atoms with van der Waals surface area (Å²) in [6.45, 7) is 8.16. The van der Waals surface area contributed by atoms with Crippen LogP contribution in [0.25, 0.3) is 0 Å². The van der Waals surface area contributed by atoms with Crippen LogP contribution in [0.15, 0.2) is 34.5 Å². The molecule has 2 saturated carbocycles. The topological polar surface area (TPSA) is 70.7 Å². The molecule has 2 rings (SSSR count). The average molecular weight is 480 g/mol. The maximum atomic E-state index is 11.9. The number of carbonyl (C=O) groups is 2. The number of allylic oxidation sites excluding steroid dienone is 1. The molecule has 0 unspecified atom stereocenters. The molecule has 188 valence electrons. The monoisotopic (exact) mass is 479 g/mol. The van der Waals surface area contributed by atoms with Crippen LogP contribution in [0.2, 0.25) is 0 Å². The minimum atomic E-state index is -0.224. The summed E-state index contributed by atoms with van der Waals surface area (Å²) in [4.78, 5) is 25.1. The molecule has 0 bridgehead atoms. The first-order chi connectivity index (χ1) is 16.0. The number of ether oxygens (including phenoxy) is 1. The Morgan fingerprint density at radius 2 is 1.58 bits per heavy atom. The molecule has 0 aromatic rings. The van der Waals surface area contributed by atoms with E-state index in [0.717, 1.165) is 11.4 Å². The van der Waals surface area contributed by atoms with E-state index in [-0.39, 0.29) is 12.5 Å². The summed E-state index contributed by atoms with van der Waals surface area (Å²) in [5.74, 6) is 0.961. The first-order valence-corrected chi connectivity index (χ1v) is 13.3. The molecule has 0 atom stereocenters. The number of nitrogens with zero attached hydrogens (tertiary/aromatic N) is 1. The molecule has 0 aromatic carbocycles. The lowest BCUT2D eigenvalue weighted by Gasteiger charge is -2.44. The molecule has 0 aliphatic heterocycles. The number of rotatable bonds is 11. The summed E-state index contributed by atoms with van der Waals surface area (Å²) in [7, 11) is 3.25. The van der Waals surface area contributed by atoms with E-state index in [2.05, 4.69) is 39.8 Å². The van der Waals surface area contributed by atoms with Gasteiger partial charge in [-0.3, -0.25) is 4.79 Å². The minimum absolute atomic E-state index is 0.0367. The van der Waals surface area contributed by atoms with Gasteiger partial charge in [-0.1, -0.05) is 63.8 Å². The fraction of sp³-hybridized carbons (Fsp3) is 0.692. The molecule has 0 aromatic heterocycles. The van der Waals surface area contributed by atoms with Gasteiger partial charge >= 0.3 is 0 Å². The fourth-order valence-electron chi connectivity index (χ4n) is 4.48. The van der Waals surface area contributed by atoms with Crippen LogP contribution in [0.3, 0.4) is 0 Å². The Bertz CT molecular complexity index is 633. The van der Waals surface area contributed by atoms with Crippen molar-refractivity contribution in [1.29, 1.82) is 0 Å². The maximum absolute atomic E-state index is 11.9. The van der Waals surface area contributed by atoms with E-state index in [4.69, 9.17) is 0 Å². The third-order valence-corrected chi connectivity index (χ3v) is 6.82. The fourth-order valence-corrected chi connectivity index (χ4v) is 5.07. The Hall–Kier alpha value is -1.73. The smallest absolute Gasteiger partial charge is 0.247 e. The quantitative estimate of drug-likeness (QED) is 0.302. The highest BCUT2D eigenvalue weighted by molar-refractivity contribution is 8.05. The van der Waals surface area contributed by atoms with Crippen molar-refractivity contribution in [2.24, 2.45) is 0 Å². The van der Waals surface area contributed by atoms with E-state index in [1.807, 2.05) is 0 Å². The molecule has 7 heteroatoms. The van der Waals surface area contributed by atoms with Gasteiger partial charge in [0.2, 0.25) is 5.91 Å². The van der Waals surface area contributed by atoms with Crippen molar-refractivity contribution < 1.29 is 14.3 Å². The average Bonchev–Trinajstić information content (AvgIpc) is 2.83. The maximum Gasteiger partial charge on any atom is 0.247 e. The van der Waals surface area contributed by atoms with Gasteiger partial charge in [0.05, 0.1) is 11.6 Å².